The SMILES string of the molecule is COCC(C)OCC(O)CSc1ccc(C(=O)O)o1. The van der Waals surface area contributed by atoms with E-state index in [2.05, 4.69) is 0 Å². The predicted octanol–water partition coefficient (Wildman–Crippen LogP) is 1.48. The van der Waals surface area contributed by atoms with Gasteiger partial charge in [-0.2, -0.15) is 0 Å². The number of hydrogen-bond acceptors (Lipinski definition) is 6. The van der Waals surface area contributed by atoms with Crippen LogP contribution in [0, 0.1) is 0 Å². The zero-order chi connectivity index (χ0) is 14.3. The van der Waals surface area contributed by atoms with Crippen molar-refractivity contribution in [1.82, 2.24) is 0 Å². The Morgan fingerprint density at radius 1 is 1.47 bits per heavy atom. The second-order valence-corrected chi connectivity index (χ2v) is 5.01. The molecule has 19 heavy (non-hydrogen) atoms. The first-order valence-corrected chi connectivity index (χ1v) is 6.76. The van der Waals surface area contributed by atoms with Crippen LogP contribution in [0.15, 0.2) is 21.6 Å². The third kappa shape index (κ3) is 6.11. The van der Waals surface area contributed by atoms with E-state index in [1.807, 2.05) is 6.92 Å². The fourth-order valence-corrected chi connectivity index (χ4v) is 2.06. The van der Waals surface area contributed by atoms with Crippen LogP contribution in [0.5, 0.6) is 0 Å². The van der Waals surface area contributed by atoms with Gasteiger partial charge in [-0.15, -0.1) is 0 Å². The molecule has 2 unspecified atom stereocenters. The molecule has 1 rings (SSSR count). The number of methoxy groups -OCH3 is 1. The Hall–Kier alpha value is -1.02. The second kappa shape index (κ2) is 8.21. The van der Waals surface area contributed by atoms with Crippen LogP contribution in [0.25, 0.3) is 0 Å². The molecule has 0 aliphatic carbocycles. The Kier molecular flexibility index (Phi) is 6.93. The van der Waals surface area contributed by atoms with Crippen molar-refractivity contribution in [3.8, 4) is 0 Å². The quantitative estimate of drug-likeness (QED) is 0.666. The van der Waals surface area contributed by atoms with E-state index in [0.717, 1.165) is 0 Å². The molecule has 2 atom stereocenters. The van der Waals surface area contributed by atoms with Gasteiger partial charge in [-0.25, -0.2) is 4.79 Å². The molecule has 2 N–H and O–H groups in total. The van der Waals surface area contributed by atoms with Crippen LogP contribution >= 0.6 is 11.8 Å². The molecular formula is C12H18O6S. The van der Waals surface area contributed by atoms with E-state index < -0.39 is 12.1 Å². The number of furan rings is 1. The number of aromatic carboxylic acids is 1. The zero-order valence-corrected chi connectivity index (χ0v) is 11.7. The average Bonchev–Trinajstić information content (AvgIpc) is 2.83. The number of rotatable bonds is 9. The molecule has 0 radical (unpaired) electrons. The molecule has 0 aliphatic heterocycles. The van der Waals surface area contributed by atoms with Gasteiger partial charge in [0.25, 0.3) is 0 Å². The highest BCUT2D eigenvalue weighted by Crippen LogP contribution is 2.21. The molecule has 1 aromatic rings. The molecule has 108 valence electrons. The normalized spacial score (nSPS) is 14.3. The molecule has 7 heteroatoms. The van der Waals surface area contributed by atoms with E-state index in [9.17, 15) is 9.90 Å². The van der Waals surface area contributed by atoms with Gasteiger partial charge in [0, 0.05) is 12.9 Å². The van der Waals surface area contributed by atoms with Crippen molar-refractivity contribution >= 4 is 17.7 Å². The van der Waals surface area contributed by atoms with Gasteiger partial charge in [0.2, 0.25) is 5.76 Å². The Bertz CT molecular complexity index is 391. The predicted molar refractivity (Wildman–Crippen MR) is 69.7 cm³/mol. The number of thioether (sulfide) groups is 1. The van der Waals surface area contributed by atoms with Crippen LogP contribution in [0.2, 0.25) is 0 Å². The first-order chi connectivity index (χ1) is 9.02. The molecule has 0 spiro atoms. The fraction of sp³-hybridized carbons (Fsp3) is 0.583. The highest BCUT2D eigenvalue weighted by atomic mass is 32.2. The zero-order valence-electron chi connectivity index (χ0n) is 10.9. The van der Waals surface area contributed by atoms with Crippen LogP contribution in [-0.4, -0.2) is 54.5 Å². The Labute approximate surface area is 115 Å². The highest BCUT2D eigenvalue weighted by Gasteiger charge is 2.12. The lowest BCUT2D eigenvalue weighted by atomic mass is 10.4. The topological polar surface area (TPSA) is 89.1 Å². The van der Waals surface area contributed by atoms with Crippen LogP contribution in [0.3, 0.4) is 0 Å². The van der Waals surface area contributed by atoms with Crippen LogP contribution in [-0.2, 0) is 9.47 Å². The summed E-state index contributed by atoms with van der Waals surface area (Å²) in [5, 5.41) is 18.8. The molecule has 0 bridgehead atoms. The summed E-state index contributed by atoms with van der Waals surface area (Å²) in [6, 6.07) is 2.95. The summed E-state index contributed by atoms with van der Waals surface area (Å²) in [7, 11) is 1.59. The van der Waals surface area contributed by atoms with Crippen molar-refractivity contribution in [3.05, 3.63) is 17.9 Å². The maximum absolute atomic E-state index is 10.6. The first kappa shape index (κ1) is 16.0. The van der Waals surface area contributed by atoms with E-state index in [-0.39, 0.29) is 18.5 Å². The van der Waals surface area contributed by atoms with Crippen molar-refractivity contribution in [3.63, 3.8) is 0 Å². The maximum Gasteiger partial charge on any atom is 0.371 e. The molecule has 0 fully saturated rings. The van der Waals surface area contributed by atoms with Gasteiger partial charge < -0.3 is 24.1 Å². The monoisotopic (exact) mass is 290 g/mol. The molecule has 0 saturated heterocycles. The lowest BCUT2D eigenvalue weighted by Gasteiger charge is -2.15. The largest absolute Gasteiger partial charge is 0.475 e. The maximum atomic E-state index is 10.6. The minimum atomic E-state index is -1.11. The molecule has 1 aromatic heterocycles. The Balaban J connectivity index is 2.25. The van der Waals surface area contributed by atoms with Gasteiger partial charge >= 0.3 is 5.97 Å². The summed E-state index contributed by atoms with van der Waals surface area (Å²) in [4.78, 5) is 10.6. The minimum absolute atomic E-state index is 0.0770. The molecule has 0 amide bonds. The summed E-state index contributed by atoms with van der Waals surface area (Å²) in [5.41, 5.74) is 0. The van der Waals surface area contributed by atoms with E-state index >= 15 is 0 Å². The average molecular weight is 290 g/mol. The highest BCUT2D eigenvalue weighted by molar-refractivity contribution is 7.99. The van der Waals surface area contributed by atoms with Gasteiger partial charge in [-0.05, 0) is 19.1 Å². The van der Waals surface area contributed by atoms with Crippen molar-refractivity contribution < 1.29 is 28.9 Å². The van der Waals surface area contributed by atoms with E-state index in [0.29, 0.717) is 17.5 Å². The standard InChI is InChI=1S/C12H18O6S/c1-8(5-16-2)17-6-9(13)7-19-11-4-3-10(18-11)12(14)15/h3-4,8-9,13H,5-7H2,1-2H3,(H,14,15). The van der Waals surface area contributed by atoms with Gasteiger partial charge in [0.1, 0.15) is 0 Å². The van der Waals surface area contributed by atoms with E-state index in [1.54, 1.807) is 13.2 Å². The van der Waals surface area contributed by atoms with Crippen LogP contribution in [0.1, 0.15) is 17.5 Å². The molecular weight excluding hydrogens is 272 g/mol. The number of hydrogen-bond donors (Lipinski definition) is 2. The van der Waals surface area contributed by atoms with Gasteiger partial charge in [0.05, 0.1) is 25.4 Å². The first-order valence-electron chi connectivity index (χ1n) is 5.77. The van der Waals surface area contributed by atoms with Gasteiger partial charge in [-0.1, -0.05) is 11.8 Å². The minimum Gasteiger partial charge on any atom is -0.475 e. The third-order valence-corrected chi connectivity index (χ3v) is 3.24. The Morgan fingerprint density at radius 3 is 2.79 bits per heavy atom. The third-order valence-electron chi connectivity index (χ3n) is 2.18. The number of ether oxygens (including phenoxy) is 2. The molecule has 0 saturated carbocycles. The van der Waals surface area contributed by atoms with Crippen LogP contribution < -0.4 is 0 Å². The fourth-order valence-electron chi connectivity index (χ4n) is 1.30. The number of aliphatic hydroxyl groups excluding tert-OH is 1. The number of carboxylic acid groups (broad SMARTS) is 1. The van der Waals surface area contributed by atoms with Crippen molar-refractivity contribution in [1.29, 1.82) is 0 Å². The van der Waals surface area contributed by atoms with E-state index in [1.165, 1.54) is 17.8 Å². The molecule has 0 aromatic carbocycles. The van der Waals surface area contributed by atoms with E-state index in [4.69, 9.17) is 19.0 Å². The van der Waals surface area contributed by atoms with Crippen molar-refractivity contribution in [2.45, 2.75) is 24.2 Å². The lowest BCUT2D eigenvalue weighted by Crippen LogP contribution is -2.24. The van der Waals surface area contributed by atoms with Crippen molar-refractivity contribution in [2.24, 2.45) is 0 Å². The van der Waals surface area contributed by atoms with Gasteiger partial charge in [0.15, 0.2) is 5.09 Å². The summed E-state index contributed by atoms with van der Waals surface area (Å²) in [6.07, 6.45) is -0.727. The molecule has 1 heterocycles. The van der Waals surface area contributed by atoms with Crippen LogP contribution in [0.4, 0.5) is 0 Å². The summed E-state index contributed by atoms with van der Waals surface area (Å²) in [6.45, 7) is 2.53. The Morgan fingerprint density at radius 2 is 2.21 bits per heavy atom. The number of carboxylic acids is 1. The summed E-state index contributed by atoms with van der Waals surface area (Å²) in [5.74, 6) is -0.849. The number of carbonyl (C=O) groups is 1. The summed E-state index contributed by atoms with van der Waals surface area (Å²) >= 11 is 1.24. The molecule has 0 aliphatic rings. The smallest absolute Gasteiger partial charge is 0.371 e. The van der Waals surface area contributed by atoms with Gasteiger partial charge in [-0.3, -0.25) is 0 Å². The molecule has 6 nitrogen and oxygen atoms in total. The second-order valence-electron chi connectivity index (χ2n) is 3.99. The number of aliphatic hydroxyl groups is 1. The lowest BCUT2D eigenvalue weighted by molar-refractivity contribution is -0.0257. The summed E-state index contributed by atoms with van der Waals surface area (Å²) < 4.78 is 15.3. The van der Waals surface area contributed by atoms with Crippen molar-refractivity contribution in [2.75, 3.05) is 26.1 Å².